The van der Waals surface area contributed by atoms with Gasteiger partial charge in [-0.2, -0.15) is 0 Å². The second-order valence-corrected chi connectivity index (χ2v) is 5.61. The molecule has 1 aliphatic rings. The van der Waals surface area contributed by atoms with Gasteiger partial charge >= 0.3 is 0 Å². The van der Waals surface area contributed by atoms with Crippen molar-refractivity contribution in [3.63, 3.8) is 0 Å². The van der Waals surface area contributed by atoms with Crippen LogP contribution in [0.3, 0.4) is 0 Å². The first-order chi connectivity index (χ1) is 8.24. The molecular formula is C13H18Cl2N2. The Kier molecular flexibility index (Phi) is 4.52. The van der Waals surface area contributed by atoms with Crippen molar-refractivity contribution in [2.75, 3.05) is 17.7 Å². The molecule has 17 heavy (non-hydrogen) atoms. The molecule has 1 aromatic rings. The minimum absolute atomic E-state index is 0.251. The Bertz CT molecular complexity index is 345. The first kappa shape index (κ1) is 13.0. The van der Waals surface area contributed by atoms with E-state index in [1.165, 1.54) is 32.1 Å². The van der Waals surface area contributed by atoms with Crippen LogP contribution in [-0.4, -0.2) is 17.4 Å². The molecule has 0 bridgehead atoms. The van der Waals surface area contributed by atoms with Crippen molar-refractivity contribution >= 4 is 29.0 Å². The van der Waals surface area contributed by atoms with Gasteiger partial charge in [0.05, 0.1) is 5.02 Å². The zero-order valence-corrected chi connectivity index (χ0v) is 11.4. The molecule has 1 fully saturated rings. The van der Waals surface area contributed by atoms with Crippen LogP contribution in [0.25, 0.3) is 0 Å². The smallest absolute Gasteiger partial charge is 0.126 e. The normalized spacial score (nSPS) is 18.9. The molecule has 2 rings (SSSR count). The van der Waals surface area contributed by atoms with E-state index in [0.717, 1.165) is 18.2 Å². The Morgan fingerprint density at radius 1 is 1.24 bits per heavy atom. The third-order valence-electron chi connectivity index (χ3n) is 3.57. The minimum atomic E-state index is 0.251. The lowest BCUT2D eigenvalue weighted by Gasteiger charge is -2.35. The largest absolute Gasteiger partial charge is 0.369 e. The predicted octanol–water partition coefficient (Wildman–Crippen LogP) is 4.34. The number of rotatable bonds is 4. The van der Waals surface area contributed by atoms with Crippen LogP contribution in [0.4, 0.5) is 5.82 Å². The second kappa shape index (κ2) is 5.92. The van der Waals surface area contributed by atoms with Gasteiger partial charge in [-0.25, -0.2) is 4.98 Å². The summed E-state index contributed by atoms with van der Waals surface area (Å²) in [7, 11) is 0. The molecule has 1 aromatic heterocycles. The van der Waals surface area contributed by atoms with Gasteiger partial charge in [-0.15, -0.1) is 11.6 Å². The molecule has 1 saturated carbocycles. The zero-order valence-electron chi connectivity index (χ0n) is 9.88. The molecule has 0 aromatic carbocycles. The molecule has 0 atom stereocenters. The molecule has 2 nitrogen and oxygen atoms in total. The lowest BCUT2D eigenvalue weighted by molar-refractivity contribution is 0.238. The topological polar surface area (TPSA) is 24.9 Å². The third-order valence-corrected chi connectivity index (χ3v) is 4.36. The number of alkyl halides is 1. The molecular weight excluding hydrogens is 255 g/mol. The van der Waals surface area contributed by atoms with Gasteiger partial charge in [-0.05, 0) is 25.0 Å². The molecule has 0 unspecified atom stereocenters. The highest BCUT2D eigenvalue weighted by molar-refractivity contribution is 6.30. The van der Waals surface area contributed by atoms with E-state index in [1.807, 2.05) is 12.1 Å². The number of pyridine rings is 1. The Hall–Kier alpha value is -0.470. The monoisotopic (exact) mass is 272 g/mol. The summed E-state index contributed by atoms with van der Waals surface area (Å²) in [4.78, 5) is 4.24. The van der Waals surface area contributed by atoms with Gasteiger partial charge in [0.15, 0.2) is 0 Å². The van der Waals surface area contributed by atoms with Gasteiger partial charge in [-0.1, -0.05) is 30.9 Å². The Labute approximate surface area is 113 Å². The van der Waals surface area contributed by atoms with Crippen molar-refractivity contribution in [3.05, 3.63) is 23.4 Å². The van der Waals surface area contributed by atoms with Gasteiger partial charge < -0.3 is 5.32 Å². The number of halogens is 2. The highest BCUT2D eigenvalue weighted by atomic mass is 35.5. The highest BCUT2D eigenvalue weighted by Gasteiger charge is 2.30. The van der Waals surface area contributed by atoms with E-state index < -0.39 is 0 Å². The maximum Gasteiger partial charge on any atom is 0.126 e. The number of aromatic nitrogens is 1. The van der Waals surface area contributed by atoms with Crippen LogP contribution in [0.1, 0.15) is 32.1 Å². The average molecular weight is 273 g/mol. The summed E-state index contributed by atoms with van der Waals surface area (Å²) in [5, 5.41) is 4.05. The summed E-state index contributed by atoms with van der Waals surface area (Å²) in [5.74, 6) is 1.61. The summed E-state index contributed by atoms with van der Waals surface area (Å²) >= 11 is 12.0. The first-order valence-corrected chi connectivity index (χ1v) is 7.07. The number of nitrogens with one attached hydrogen (secondary N) is 1. The molecule has 4 heteroatoms. The molecule has 94 valence electrons. The van der Waals surface area contributed by atoms with Crippen LogP contribution in [0.2, 0.25) is 5.02 Å². The van der Waals surface area contributed by atoms with E-state index in [9.17, 15) is 0 Å². The van der Waals surface area contributed by atoms with Crippen LogP contribution in [0, 0.1) is 5.41 Å². The molecule has 0 aliphatic heterocycles. The van der Waals surface area contributed by atoms with Crippen LogP contribution in [0.15, 0.2) is 18.3 Å². The number of anilines is 1. The fourth-order valence-electron chi connectivity index (χ4n) is 2.42. The van der Waals surface area contributed by atoms with Crippen molar-refractivity contribution < 1.29 is 0 Å². The van der Waals surface area contributed by atoms with Gasteiger partial charge in [0.2, 0.25) is 0 Å². The fourth-order valence-corrected chi connectivity index (χ4v) is 2.89. The summed E-state index contributed by atoms with van der Waals surface area (Å²) in [6.07, 6.45) is 8.04. The molecule has 0 amide bonds. The molecule has 0 radical (unpaired) electrons. The summed E-state index contributed by atoms with van der Waals surface area (Å²) in [6.45, 7) is 0.908. The first-order valence-electron chi connectivity index (χ1n) is 6.16. The third kappa shape index (κ3) is 3.49. The Balaban J connectivity index is 1.93. The molecule has 1 heterocycles. The molecule has 0 saturated heterocycles. The van der Waals surface area contributed by atoms with Crippen molar-refractivity contribution in [3.8, 4) is 0 Å². The summed E-state index contributed by atoms with van der Waals surface area (Å²) in [5.41, 5.74) is 0.251. The predicted molar refractivity (Wildman–Crippen MR) is 74.0 cm³/mol. The van der Waals surface area contributed by atoms with E-state index in [0.29, 0.717) is 5.02 Å². The minimum Gasteiger partial charge on any atom is -0.369 e. The highest BCUT2D eigenvalue weighted by Crippen LogP contribution is 2.37. The maximum absolute atomic E-state index is 6.15. The number of hydrogen-bond acceptors (Lipinski definition) is 2. The lowest BCUT2D eigenvalue weighted by atomic mass is 9.75. The van der Waals surface area contributed by atoms with Crippen molar-refractivity contribution in [1.82, 2.24) is 4.98 Å². The van der Waals surface area contributed by atoms with Crippen LogP contribution in [-0.2, 0) is 0 Å². The van der Waals surface area contributed by atoms with Crippen LogP contribution in [0.5, 0.6) is 0 Å². The van der Waals surface area contributed by atoms with E-state index in [-0.39, 0.29) is 5.41 Å². The van der Waals surface area contributed by atoms with Crippen molar-refractivity contribution in [1.29, 1.82) is 0 Å². The second-order valence-electron chi connectivity index (χ2n) is 4.91. The van der Waals surface area contributed by atoms with E-state index in [2.05, 4.69) is 10.3 Å². The number of nitrogens with zero attached hydrogens (tertiary/aromatic N) is 1. The summed E-state index contributed by atoms with van der Waals surface area (Å²) in [6, 6.07) is 3.76. The molecule has 1 aliphatic carbocycles. The fraction of sp³-hybridized carbons (Fsp3) is 0.615. The quantitative estimate of drug-likeness (QED) is 0.825. The zero-order chi connectivity index (χ0) is 12.1. The molecule has 0 spiro atoms. The van der Waals surface area contributed by atoms with Crippen molar-refractivity contribution in [2.24, 2.45) is 5.41 Å². The van der Waals surface area contributed by atoms with Crippen molar-refractivity contribution in [2.45, 2.75) is 32.1 Å². The van der Waals surface area contributed by atoms with E-state index in [4.69, 9.17) is 23.2 Å². The standard InChI is InChI=1S/C13H18Cl2N2/c14-9-13(6-2-1-3-7-13)10-17-12-5-4-11(15)8-16-12/h4-5,8H,1-3,6-7,9-10H2,(H,16,17). The van der Waals surface area contributed by atoms with Gasteiger partial charge in [-0.3, -0.25) is 0 Å². The molecule has 1 N–H and O–H groups in total. The van der Waals surface area contributed by atoms with Gasteiger partial charge in [0, 0.05) is 24.0 Å². The SMILES string of the molecule is ClCC1(CNc2ccc(Cl)cn2)CCCCC1. The Morgan fingerprint density at radius 3 is 2.59 bits per heavy atom. The van der Waals surface area contributed by atoms with Gasteiger partial charge in [0.25, 0.3) is 0 Å². The summed E-state index contributed by atoms with van der Waals surface area (Å²) < 4.78 is 0. The van der Waals surface area contributed by atoms with Crippen LogP contribution < -0.4 is 5.32 Å². The lowest BCUT2D eigenvalue weighted by Crippen LogP contribution is -2.34. The van der Waals surface area contributed by atoms with Crippen LogP contribution >= 0.6 is 23.2 Å². The Morgan fingerprint density at radius 2 is 2.00 bits per heavy atom. The number of hydrogen-bond donors (Lipinski definition) is 1. The average Bonchev–Trinajstić information content (AvgIpc) is 2.39. The van der Waals surface area contributed by atoms with E-state index in [1.54, 1.807) is 6.20 Å². The van der Waals surface area contributed by atoms with Gasteiger partial charge in [0.1, 0.15) is 5.82 Å². The maximum atomic E-state index is 6.15. The van der Waals surface area contributed by atoms with E-state index >= 15 is 0 Å².